The van der Waals surface area contributed by atoms with E-state index in [0.717, 1.165) is 11.1 Å². The topological polar surface area (TPSA) is 66.8 Å². The van der Waals surface area contributed by atoms with Gasteiger partial charge in [0.2, 0.25) is 0 Å². The Morgan fingerprint density at radius 1 is 1.35 bits per heavy atom. The average Bonchev–Trinajstić information content (AvgIpc) is 2.29. The van der Waals surface area contributed by atoms with Crippen LogP contribution in [0, 0.1) is 5.92 Å². The molecule has 1 aliphatic heterocycles. The number of esters is 1. The SMILES string of the molecule is O=C1Oc2cc(O)ccc2C2=CC[C@H](O)C[C@H]12. The van der Waals surface area contributed by atoms with E-state index in [-0.39, 0.29) is 17.6 Å². The van der Waals surface area contributed by atoms with Crippen molar-refractivity contribution < 1.29 is 19.7 Å². The molecule has 0 saturated carbocycles. The first-order valence-corrected chi connectivity index (χ1v) is 5.58. The summed E-state index contributed by atoms with van der Waals surface area (Å²) in [5.41, 5.74) is 1.74. The molecule has 2 aliphatic rings. The second-order valence-electron chi connectivity index (χ2n) is 4.44. The van der Waals surface area contributed by atoms with Gasteiger partial charge in [0.05, 0.1) is 12.0 Å². The lowest BCUT2D eigenvalue weighted by Gasteiger charge is -2.31. The van der Waals surface area contributed by atoms with Gasteiger partial charge in [-0.1, -0.05) is 6.08 Å². The minimum atomic E-state index is -0.477. The zero-order valence-electron chi connectivity index (χ0n) is 9.09. The molecule has 0 spiro atoms. The molecular formula is C13H12O4. The van der Waals surface area contributed by atoms with Gasteiger partial charge in [-0.3, -0.25) is 4.79 Å². The molecule has 1 heterocycles. The molecule has 4 heteroatoms. The van der Waals surface area contributed by atoms with Crippen molar-refractivity contribution in [1.29, 1.82) is 0 Å². The molecule has 0 saturated heterocycles. The standard InChI is InChI=1S/C13H12O4/c14-7-1-3-9-10-4-2-8(15)6-12(10)17-13(16)11(9)5-7/h2-4,6-7,11,14-15H,1,5H2/t7-,11-/m0/s1. The number of carbonyl (C=O) groups is 1. The summed E-state index contributed by atoms with van der Waals surface area (Å²) < 4.78 is 5.18. The quantitative estimate of drug-likeness (QED) is 0.525. The zero-order valence-corrected chi connectivity index (χ0v) is 9.09. The Morgan fingerprint density at radius 3 is 3.00 bits per heavy atom. The van der Waals surface area contributed by atoms with E-state index in [1.54, 1.807) is 12.1 Å². The third-order valence-electron chi connectivity index (χ3n) is 3.26. The molecule has 0 aromatic heterocycles. The molecule has 1 aromatic rings. The van der Waals surface area contributed by atoms with Crippen LogP contribution in [0.25, 0.3) is 5.57 Å². The van der Waals surface area contributed by atoms with Crippen molar-refractivity contribution >= 4 is 11.5 Å². The van der Waals surface area contributed by atoms with Gasteiger partial charge >= 0.3 is 5.97 Å². The third kappa shape index (κ3) is 1.61. The molecule has 0 bridgehead atoms. The number of aromatic hydroxyl groups is 1. The number of hydrogen-bond acceptors (Lipinski definition) is 4. The van der Waals surface area contributed by atoms with E-state index in [1.165, 1.54) is 6.07 Å². The van der Waals surface area contributed by atoms with Gasteiger partial charge in [-0.15, -0.1) is 0 Å². The largest absolute Gasteiger partial charge is 0.508 e. The van der Waals surface area contributed by atoms with E-state index in [9.17, 15) is 15.0 Å². The summed E-state index contributed by atoms with van der Waals surface area (Å²) in [6.45, 7) is 0. The molecule has 17 heavy (non-hydrogen) atoms. The molecule has 2 N–H and O–H groups in total. The summed E-state index contributed by atoms with van der Waals surface area (Å²) in [6, 6.07) is 4.75. The number of fused-ring (bicyclic) bond motifs is 3. The van der Waals surface area contributed by atoms with E-state index in [2.05, 4.69) is 0 Å². The van der Waals surface area contributed by atoms with Crippen LogP contribution >= 0.6 is 0 Å². The van der Waals surface area contributed by atoms with E-state index >= 15 is 0 Å². The Morgan fingerprint density at radius 2 is 2.18 bits per heavy atom. The predicted octanol–water partition coefficient (Wildman–Crippen LogP) is 1.47. The summed E-state index contributed by atoms with van der Waals surface area (Å²) in [5, 5.41) is 18.9. The summed E-state index contributed by atoms with van der Waals surface area (Å²) in [6.07, 6.45) is 2.37. The van der Waals surface area contributed by atoms with Gasteiger partial charge in [-0.2, -0.15) is 0 Å². The first kappa shape index (κ1) is 10.4. The highest BCUT2D eigenvalue weighted by Crippen LogP contribution is 2.42. The van der Waals surface area contributed by atoms with Crippen molar-refractivity contribution in [3.8, 4) is 11.5 Å². The normalized spacial score (nSPS) is 26.6. The van der Waals surface area contributed by atoms with E-state index in [0.29, 0.717) is 18.6 Å². The molecular weight excluding hydrogens is 220 g/mol. The molecule has 2 atom stereocenters. The highest BCUT2D eigenvalue weighted by molar-refractivity contribution is 5.95. The Bertz CT molecular complexity index is 518. The summed E-state index contributed by atoms with van der Waals surface area (Å²) in [7, 11) is 0. The Hall–Kier alpha value is -1.81. The lowest BCUT2D eigenvalue weighted by Crippen LogP contribution is -2.32. The van der Waals surface area contributed by atoms with Crippen molar-refractivity contribution in [3.63, 3.8) is 0 Å². The Balaban J connectivity index is 2.13. The number of phenols is 1. The van der Waals surface area contributed by atoms with Crippen LogP contribution in [0.4, 0.5) is 0 Å². The smallest absolute Gasteiger partial charge is 0.318 e. The van der Waals surface area contributed by atoms with Gasteiger partial charge in [0.15, 0.2) is 0 Å². The maximum atomic E-state index is 11.8. The number of phenolic OH excluding ortho intramolecular Hbond substituents is 1. The molecule has 0 amide bonds. The van der Waals surface area contributed by atoms with Crippen molar-refractivity contribution in [2.24, 2.45) is 5.92 Å². The summed E-state index contributed by atoms with van der Waals surface area (Å²) in [4.78, 5) is 11.8. The fraction of sp³-hybridized carbons (Fsp3) is 0.308. The average molecular weight is 232 g/mol. The summed E-state index contributed by atoms with van der Waals surface area (Å²) in [5.74, 6) is -0.260. The number of benzene rings is 1. The number of carbonyl (C=O) groups excluding carboxylic acids is 1. The van der Waals surface area contributed by atoms with Crippen molar-refractivity contribution in [2.45, 2.75) is 18.9 Å². The number of ether oxygens (including phenoxy) is 1. The number of rotatable bonds is 0. The van der Waals surface area contributed by atoms with Gasteiger partial charge in [0.25, 0.3) is 0 Å². The molecule has 1 aromatic carbocycles. The van der Waals surface area contributed by atoms with Crippen molar-refractivity contribution in [1.82, 2.24) is 0 Å². The van der Waals surface area contributed by atoms with Crippen LogP contribution in [0.15, 0.2) is 24.3 Å². The monoisotopic (exact) mass is 232 g/mol. The third-order valence-corrected chi connectivity index (χ3v) is 3.26. The highest BCUT2D eigenvalue weighted by atomic mass is 16.5. The molecule has 0 radical (unpaired) electrons. The number of hydrogen-bond donors (Lipinski definition) is 2. The van der Waals surface area contributed by atoms with Gasteiger partial charge < -0.3 is 14.9 Å². The highest BCUT2D eigenvalue weighted by Gasteiger charge is 2.36. The van der Waals surface area contributed by atoms with Crippen LogP contribution in [0.2, 0.25) is 0 Å². The maximum Gasteiger partial charge on any atom is 0.318 e. The molecule has 0 fully saturated rings. The van der Waals surface area contributed by atoms with E-state index < -0.39 is 6.10 Å². The van der Waals surface area contributed by atoms with Crippen molar-refractivity contribution in [3.05, 3.63) is 29.8 Å². The Kier molecular flexibility index (Phi) is 2.19. The predicted molar refractivity (Wildman–Crippen MR) is 60.4 cm³/mol. The van der Waals surface area contributed by atoms with Gasteiger partial charge in [0, 0.05) is 11.6 Å². The maximum absolute atomic E-state index is 11.8. The second kappa shape index (κ2) is 3.60. The van der Waals surface area contributed by atoms with Gasteiger partial charge in [-0.25, -0.2) is 0 Å². The zero-order chi connectivity index (χ0) is 12.0. The van der Waals surface area contributed by atoms with Crippen LogP contribution in [0.5, 0.6) is 11.5 Å². The van der Waals surface area contributed by atoms with Crippen LogP contribution in [0.3, 0.4) is 0 Å². The van der Waals surface area contributed by atoms with Crippen molar-refractivity contribution in [2.75, 3.05) is 0 Å². The Labute approximate surface area is 98.1 Å². The fourth-order valence-electron chi connectivity index (χ4n) is 2.43. The first-order chi connectivity index (χ1) is 8.15. The van der Waals surface area contributed by atoms with E-state index in [1.807, 2.05) is 6.08 Å². The number of aliphatic hydroxyl groups is 1. The molecule has 3 rings (SSSR count). The summed E-state index contributed by atoms with van der Waals surface area (Å²) >= 11 is 0. The second-order valence-corrected chi connectivity index (χ2v) is 4.44. The van der Waals surface area contributed by atoms with Crippen LogP contribution in [0.1, 0.15) is 18.4 Å². The number of aliphatic hydroxyl groups excluding tert-OH is 1. The van der Waals surface area contributed by atoms with Crippen LogP contribution in [-0.2, 0) is 4.79 Å². The molecule has 4 nitrogen and oxygen atoms in total. The lowest BCUT2D eigenvalue weighted by atomic mass is 9.80. The minimum absolute atomic E-state index is 0.0754. The van der Waals surface area contributed by atoms with Crippen LogP contribution < -0.4 is 4.74 Å². The van der Waals surface area contributed by atoms with E-state index in [4.69, 9.17) is 4.74 Å². The lowest BCUT2D eigenvalue weighted by molar-refractivity contribution is -0.138. The molecule has 88 valence electrons. The van der Waals surface area contributed by atoms with Gasteiger partial charge in [-0.05, 0) is 30.5 Å². The minimum Gasteiger partial charge on any atom is -0.508 e. The van der Waals surface area contributed by atoms with Gasteiger partial charge in [0.1, 0.15) is 11.5 Å². The molecule has 1 aliphatic carbocycles. The fourth-order valence-corrected chi connectivity index (χ4v) is 2.43. The first-order valence-electron chi connectivity index (χ1n) is 5.58. The van der Waals surface area contributed by atoms with Crippen LogP contribution in [-0.4, -0.2) is 22.3 Å². The molecule has 0 unspecified atom stereocenters.